The van der Waals surface area contributed by atoms with Crippen LogP contribution in [-0.4, -0.2) is 23.8 Å². The second-order valence-electron chi connectivity index (χ2n) is 6.68. The SMILES string of the molecule is CCCCC/C=C/C/C=C/C/C=C\C/C=C\CCCC(=O)OC(CC)CO. The molecule has 0 saturated carbocycles. The molecular formula is C24H40O3. The third-order valence-corrected chi connectivity index (χ3v) is 4.17. The molecule has 1 N–H and O–H groups in total. The van der Waals surface area contributed by atoms with E-state index in [1.54, 1.807) is 0 Å². The first kappa shape index (κ1) is 25.4. The normalized spacial score (nSPS) is 13.4. The average molecular weight is 377 g/mol. The molecule has 0 aliphatic rings. The number of hydrogen-bond donors (Lipinski definition) is 1. The van der Waals surface area contributed by atoms with Crippen LogP contribution >= 0.6 is 0 Å². The Morgan fingerprint density at radius 3 is 1.81 bits per heavy atom. The maximum Gasteiger partial charge on any atom is 0.306 e. The van der Waals surface area contributed by atoms with Crippen molar-refractivity contribution in [3.05, 3.63) is 48.6 Å². The van der Waals surface area contributed by atoms with E-state index in [1.165, 1.54) is 25.7 Å². The monoisotopic (exact) mass is 376 g/mol. The summed E-state index contributed by atoms with van der Waals surface area (Å²) in [4.78, 5) is 11.6. The average Bonchev–Trinajstić information content (AvgIpc) is 2.68. The lowest BCUT2D eigenvalue weighted by molar-refractivity contribution is -0.151. The highest BCUT2D eigenvalue weighted by atomic mass is 16.5. The van der Waals surface area contributed by atoms with Crippen molar-refractivity contribution in [3.8, 4) is 0 Å². The molecule has 154 valence electrons. The van der Waals surface area contributed by atoms with Gasteiger partial charge in [-0.1, -0.05) is 75.3 Å². The summed E-state index contributed by atoms with van der Waals surface area (Å²) in [6.45, 7) is 4.03. The minimum absolute atomic E-state index is 0.0978. The molecule has 0 aliphatic carbocycles. The van der Waals surface area contributed by atoms with Crippen molar-refractivity contribution in [2.45, 2.75) is 90.6 Å². The van der Waals surface area contributed by atoms with Crippen LogP contribution in [0.4, 0.5) is 0 Å². The molecule has 1 atom stereocenters. The van der Waals surface area contributed by atoms with Crippen molar-refractivity contribution in [1.82, 2.24) is 0 Å². The third kappa shape index (κ3) is 19.0. The van der Waals surface area contributed by atoms with Crippen LogP contribution in [0.25, 0.3) is 0 Å². The summed E-state index contributed by atoms with van der Waals surface area (Å²) in [5.74, 6) is -0.216. The van der Waals surface area contributed by atoms with E-state index in [2.05, 4.69) is 55.5 Å². The number of ether oxygens (including phenoxy) is 1. The van der Waals surface area contributed by atoms with E-state index in [1.807, 2.05) is 6.92 Å². The molecule has 0 aromatic rings. The van der Waals surface area contributed by atoms with Gasteiger partial charge in [-0.25, -0.2) is 0 Å². The van der Waals surface area contributed by atoms with Crippen molar-refractivity contribution in [1.29, 1.82) is 0 Å². The lowest BCUT2D eigenvalue weighted by Crippen LogP contribution is -2.20. The molecular weight excluding hydrogens is 336 g/mol. The first-order chi connectivity index (χ1) is 13.2. The maximum absolute atomic E-state index is 11.6. The molecule has 27 heavy (non-hydrogen) atoms. The summed E-state index contributed by atoms with van der Waals surface area (Å²) in [6.07, 6.45) is 28.0. The van der Waals surface area contributed by atoms with Crippen molar-refractivity contribution >= 4 is 5.97 Å². The molecule has 0 aromatic heterocycles. The van der Waals surface area contributed by atoms with Crippen molar-refractivity contribution in [2.24, 2.45) is 0 Å². The molecule has 3 nitrogen and oxygen atoms in total. The molecule has 3 heteroatoms. The van der Waals surface area contributed by atoms with Gasteiger partial charge in [0.05, 0.1) is 6.61 Å². The van der Waals surface area contributed by atoms with Gasteiger partial charge in [-0.05, 0) is 51.4 Å². The van der Waals surface area contributed by atoms with E-state index >= 15 is 0 Å². The van der Waals surface area contributed by atoms with Crippen LogP contribution in [0, 0.1) is 0 Å². The fraction of sp³-hybridized carbons (Fsp3) is 0.625. The Hall–Kier alpha value is -1.61. The summed E-state index contributed by atoms with van der Waals surface area (Å²) >= 11 is 0. The van der Waals surface area contributed by atoms with Crippen LogP contribution in [0.1, 0.15) is 84.5 Å². The highest BCUT2D eigenvalue weighted by Crippen LogP contribution is 2.04. The zero-order valence-corrected chi connectivity index (χ0v) is 17.4. The molecule has 0 aromatic carbocycles. The molecule has 0 heterocycles. The van der Waals surface area contributed by atoms with E-state index in [4.69, 9.17) is 9.84 Å². The van der Waals surface area contributed by atoms with Gasteiger partial charge in [-0.3, -0.25) is 4.79 Å². The molecule has 0 saturated heterocycles. The van der Waals surface area contributed by atoms with E-state index in [9.17, 15) is 4.79 Å². The van der Waals surface area contributed by atoms with Gasteiger partial charge in [-0.15, -0.1) is 0 Å². The molecule has 0 rings (SSSR count). The predicted molar refractivity (Wildman–Crippen MR) is 116 cm³/mol. The summed E-state index contributed by atoms with van der Waals surface area (Å²) < 4.78 is 5.14. The van der Waals surface area contributed by atoms with E-state index < -0.39 is 0 Å². The number of unbranched alkanes of at least 4 members (excludes halogenated alkanes) is 4. The fourth-order valence-electron chi connectivity index (χ4n) is 2.42. The third-order valence-electron chi connectivity index (χ3n) is 4.17. The molecule has 0 bridgehead atoms. The Kier molecular flexibility index (Phi) is 19.5. The Morgan fingerprint density at radius 1 is 0.815 bits per heavy atom. The number of carbonyl (C=O) groups is 1. The summed E-state index contributed by atoms with van der Waals surface area (Å²) in [6, 6.07) is 0. The lowest BCUT2D eigenvalue weighted by atomic mass is 10.2. The van der Waals surface area contributed by atoms with E-state index in [0.29, 0.717) is 12.8 Å². The van der Waals surface area contributed by atoms with Crippen molar-refractivity contribution in [2.75, 3.05) is 6.61 Å². The first-order valence-corrected chi connectivity index (χ1v) is 10.6. The fourth-order valence-corrected chi connectivity index (χ4v) is 2.42. The second-order valence-corrected chi connectivity index (χ2v) is 6.68. The second kappa shape index (κ2) is 20.7. The van der Waals surface area contributed by atoms with Gasteiger partial charge in [0.15, 0.2) is 0 Å². The molecule has 0 fully saturated rings. The van der Waals surface area contributed by atoms with Crippen LogP contribution in [-0.2, 0) is 9.53 Å². The summed E-state index contributed by atoms with van der Waals surface area (Å²) in [5.41, 5.74) is 0. The van der Waals surface area contributed by atoms with Gasteiger partial charge in [0.25, 0.3) is 0 Å². The number of rotatable bonds is 17. The van der Waals surface area contributed by atoms with Crippen LogP contribution < -0.4 is 0 Å². The Balaban J connectivity index is 3.55. The van der Waals surface area contributed by atoms with Gasteiger partial charge in [-0.2, -0.15) is 0 Å². The van der Waals surface area contributed by atoms with Gasteiger partial charge in [0.2, 0.25) is 0 Å². The van der Waals surface area contributed by atoms with Gasteiger partial charge >= 0.3 is 5.97 Å². The van der Waals surface area contributed by atoms with Gasteiger partial charge < -0.3 is 9.84 Å². The van der Waals surface area contributed by atoms with E-state index in [0.717, 1.165) is 32.1 Å². The molecule has 1 unspecified atom stereocenters. The zero-order chi connectivity index (χ0) is 20.0. The number of aliphatic hydroxyl groups excluding tert-OH is 1. The molecule has 0 spiro atoms. The topological polar surface area (TPSA) is 46.5 Å². The zero-order valence-electron chi connectivity index (χ0n) is 17.4. The minimum atomic E-state index is -0.353. The molecule has 0 aliphatic heterocycles. The first-order valence-electron chi connectivity index (χ1n) is 10.6. The molecule has 0 amide bonds. The van der Waals surface area contributed by atoms with Gasteiger partial charge in [0, 0.05) is 6.42 Å². The summed E-state index contributed by atoms with van der Waals surface area (Å²) in [5, 5.41) is 8.99. The number of aliphatic hydroxyl groups is 1. The number of carbonyl (C=O) groups excluding carboxylic acids is 1. The van der Waals surface area contributed by atoms with Crippen molar-refractivity contribution in [3.63, 3.8) is 0 Å². The van der Waals surface area contributed by atoms with E-state index in [-0.39, 0.29) is 18.7 Å². The Labute approximate surface area is 166 Å². The highest BCUT2D eigenvalue weighted by molar-refractivity contribution is 5.69. The molecule has 0 radical (unpaired) electrons. The number of allylic oxidation sites excluding steroid dienone is 8. The number of esters is 1. The predicted octanol–water partition coefficient (Wildman–Crippen LogP) is 6.45. The maximum atomic E-state index is 11.6. The van der Waals surface area contributed by atoms with Gasteiger partial charge in [0.1, 0.15) is 6.10 Å². The standard InChI is InChI=1S/C24H40O3/c1-3-5-6-7-8-9-10-11-12-13-14-15-16-17-18-19-20-21-24(26)27-23(4-2)22-25/h8-9,11-12,14-15,17-18,23,25H,3-7,10,13,16,19-22H2,1-2H3/b9-8+,12-11+,15-14-,18-17-. The smallest absolute Gasteiger partial charge is 0.306 e. The van der Waals surface area contributed by atoms with Crippen molar-refractivity contribution < 1.29 is 14.6 Å². The summed E-state index contributed by atoms with van der Waals surface area (Å²) in [7, 11) is 0. The number of hydrogen-bond acceptors (Lipinski definition) is 3. The van der Waals surface area contributed by atoms with Crippen LogP contribution in [0.15, 0.2) is 48.6 Å². The minimum Gasteiger partial charge on any atom is -0.460 e. The Bertz CT molecular complexity index is 443. The van der Waals surface area contributed by atoms with Crippen LogP contribution in [0.3, 0.4) is 0 Å². The Morgan fingerprint density at radius 2 is 1.33 bits per heavy atom. The van der Waals surface area contributed by atoms with Crippen LogP contribution in [0.5, 0.6) is 0 Å². The lowest BCUT2D eigenvalue weighted by Gasteiger charge is -2.12. The highest BCUT2D eigenvalue weighted by Gasteiger charge is 2.10. The van der Waals surface area contributed by atoms with Crippen LogP contribution in [0.2, 0.25) is 0 Å². The quantitative estimate of drug-likeness (QED) is 0.180. The largest absolute Gasteiger partial charge is 0.460 e.